The summed E-state index contributed by atoms with van der Waals surface area (Å²) in [5.74, 6) is 7.14. The van der Waals surface area contributed by atoms with Gasteiger partial charge in [-0.25, -0.2) is 0 Å². The molecule has 0 bridgehead atoms. The van der Waals surface area contributed by atoms with Crippen molar-refractivity contribution in [1.82, 2.24) is 5.32 Å². The molecule has 1 nitrogen and oxygen atoms in total. The first-order valence-electron chi connectivity index (χ1n) is 6.48. The molecule has 0 unspecified atom stereocenters. The van der Waals surface area contributed by atoms with E-state index >= 15 is 0 Å². The van der Waals surface area contributed by atoms with Gasteiger partial charge in [-0.3, -0.25) is 0 Å². The van der Waals surface area contributed by atoms with Crippen LogP contribution in [0.25, 0.3) is 0 Å². The molecule has 1 aromatic rings. The number of benzene rings is 1. The van der Waals surface area contributed by atoms with Crippen LogP contribution in [-0.2, 0) is 0 Å². The third-order valence-corrected chi connectivity index (χ3v) is 3.81. The van der Waals surface area contributed by atoms with Crippen molar-refractivity contribution in [2.75, 3.05) is 13.1 Å². The second-order valence-electron chi connectivity index (χ2n) is 5.29. The standard InChI is InChI=1S/C16H21N/c1-14(2)16(10-11-16)13-17-12-6-9-15-7-4-3-5-8-15/h3-5,7-8,14,17H,10-13H2,1-2H3. The molecule has 0 saturated heterocycles. The molecular weight excluding hydrogens is 206 g/mol. The highest BCUT2D eigenvalue weighted by molar-refractivity contribution is 5.33. The molecule has 0 atom stereocenters. The minimum Gasteiger partial charge on any atom is -0.306 e. The van der Waals surface area contributed by atoms with E-state index in [9.17, 15) is 0 Å². The fraction of sp³-hybridized carbons (Fsp3) is 0.500. The van der Waals surface area contributed by atoms with Crippen LogP contribution in [0.2, 0.25) is 0 Å². The van der Waals surface area contributed by atoms with E-state index in [2.05, 4.69) is 31.0 Å². The van der Waals surface area contributed by atoms with Gasteiger partial charge in [-0.1, -0.05) is 43.9 Å². The molecule has 1 N–H and O–H groups in total. The van der Waals surface area contributed by atoms with Gasteiger partial charge < -0.3 is 5.32 Å². The molecule has 0 amide bonds. The van der Waals surface area contributed by atoms with Crippen LogP contribution >= 0.6 is 0 Å². The maximum absolute atomic E-state index is 3.47. The monoisotopic (exact) mass is 227 g/mol. The molecule has 17 heavy (non-hydrogen) atoms. The fourth-order valence-corrected chi connectivity index (χ4v) is 2.16. The van der Waals surface area contributed by atoms with Crippen molar-refractivity contribution >= 4 is 0 Å². The van der Waals surface area contributed by atoms with Crippen LogP contribution in [0, 0.1) is 23.2 Å². The lowest BCUT2D eigenvalue weighted by Gasteiger charge is -2.19. The van der Waals surface area contributed by atoms with Crippen LogP contribution in [-0.4, -0.2) is 13.1 Å². The largest absolute Gasteiger partial charge is 0.306 e. The van der Waals surface area contributed by atoms with Crippen molar-refractivity contribution in [2.24, 2.45) is 11.3 Å². The van der Waals surface area contributed by atoms with Gasteiger partial charge in [-0.15, -0.1) is 0 Å². The Labute approximate surface area is 105 Å². The van der Waals surface area contributed by atoms with Gasteiger partial charge in [0.05, 0.1) is 6.54 Å². The Kier molecular flexibility index (Phi) is 3.86. The summed E-state index contributed by atoms with van der Waals surface area (Å²) in [5.41, 5.74) is 1.67. The van der Waals surface area contributed by atoms with Crippen LogP contribution in [0.15, 0.2) is 30.3 Å². The minimum atomic E-state index is 0.578. The van der Waals surface area contributed by atoms with Crippen molar-refractivity contribution in [3.8, 4) is 11.8 Å². The van der Waals surface area contributed by atoms with Crippen LogP contribution in [0.4, 0.5) is 0 Å². The van der Waals surface area contributed by atoms with E-state index in [0.717, 1.165) is 24.6 Å². The molecule has 1 aliphatic rings. The third-order valence-electron chi connectivity index (χ3n) is 3.81. The van der Waals surface area contributed by atoms with E-state index in [-0.39, 0.29) is 0 Å². The summed E-state index contributed by atoms with van der Waals surface area (Å²) in [6, 6.07) is 10.2. The molecule has 0 aromatic heterocycles. The Morgan fingerprint density at radius 3 is 2.53 bits per heavy atom. The summed E-state index contributed by atoms with van der Waals surface area (Å²) in [7, 11) is 0. The number of hydrogen-bond acceptors (Lipinski definition) is 1. The lowest BCUT2D eigenvalue weighted by atomic mass is 9.92. The Balaban J connectivity index is 1.72. The number of nitrogens with one attached hydrogen (secondary N) is 1. The third kappa shape index (κ3) is 3.35. The van der Waals surface area contributed by atoms with E-state index in [4.69, 9.17) is 0 Å². The highest BCUT2D eigenvalue weighted by Gasteiger charge is 2.44. The second kappa shape index (κ2) is 5.38. The normalized spacial score (nSPS) is 16.4. The van der Waals surface area contributed by atoms with Crippen LogP contribution < -0.4 is 5.32 Å². The second-order valence-corrected chi connectivity index (χ2v) is 5.29. The predicted octanol–water partition coefficient (Wildman–Crippen LogP) is 3.06. The first kappa shape index (κ1) is 12.2. The smallest absolute Gasteiger partial charge is 0.0580 e. The average Bonchev–Trinajstić information content (AvgIpc) is 3.11. The molecule has 0 heterocycles. The van der Waals surface area contributed by atoms with E-state index < -0.39 is 0 Å². The summed E-state index contributed by atoms with van der Waals surface area (Å²) in [5, 5.41) is 3.47. The minimum absolute atomic E-state index is 0.578. The number of rotatable bonds is 4. The van der Waals surface area contributed by atoms with E-state index in [0.29, 0.717) is 5.41 Å². The Hall–Kier alpha value is -1.26. The number of hydrogen-bond donors (Lipinski definition) is 1. The first-order valence-corrected chi connectivity index (χ1v) is 6.48. The molecule has 1 saturated carbocycles. The zero-order valence-electron chi connectivity index (χ0n) is 10.8. The molecule has 1 heteroatoms. The van der Waals surface area contributed by atoms with Crippen molar-refractivity contribution < 1.29 is 0 Å². The Morgan fingerprint density at radius 2 is 1.94 bits per heavy atom. The lowest BCUT2D eigenvalue weighted by molar-refractivity contribution is 0.344. The predicted molar refractivity (Wildman–Crippen MR) is 72.7 cm³/mol. The lowest BCUT2D eigenvalue weighted by Crippen LogP contribution is -2.27. The first-order chi connectivity index (χ1) is 8.23. The molecule has 90 valence electrons. The van der Waals surface area contributed by atoms with Crippen LogP contribution in [0.1, 0.15) is 32.3 Å². The highest BCUT2D eigenvalue weighted by Crippen LogP contribution is 2.51. The Morgan fingerprint density at radius 1 is 1.24 bits per heavy atom. The SMILES string of the molecule is CC(C)C1(CNCC#Cc2ccccc2)CC1. The van der Waals surface area contributed by atoms with Crippen LogP contribution in [0.3, 0.4) is 0 Å². The molecule has 0 aliphatic heterocycles. The molecule has 0 spiro atoms. The van der Waals surface area contributed by atoms with Gasteiger partial charge in [0.15, 0.2) is 0 Å². The van der Waals surface area contributed by atoms with Gasteiger partial charge in [-0.05, 0) is 36.3 Å². The quantitative estimate of drug-likeness (QED) is 0.616. The topological polar surface area (TPSA) is 12.0 Å². The van der Waals surface area contributed by atoms with E-state index in [1.165, 1.54) is 12.8 Å². The zero-order valence-corrected chi connectivity index (χ0v) is 10.8. The van der Waals surface area contributed by atoms with Gasteiger partial charge in [0.2, 0.25) is 0 Å². The molecule has 1 fully saturated rings. The summed E-state index contributed by atoms with van der Waals surface area (Å²) < 4.78 is 0. The van der Waals surface area contributed by atoms with Gasteiger partial charge in [0.25, 0.3) is 0 Å². The average molecular weight is 227 g/mol. The van der Waals surface area contributed by atoms with Crippen molar-refractivity contribution in [1.29, 1.82) is 0 Å². The summed E-state index contributed by atoms with van der Waals surface area (Å²) in [6.45, 7) is 6.56. The van der Waals surface area contributed by atoms with Gasteiger partial charge >= 0.3 is 0 Å². The summed E-state index contributed by atoms with van der Waals surface area (Å²) >= 11 is 0. The molecule has 1 aliphatic carbocycles. The molecular formula is C16H21N. The highest BCUT2D eigenvalue weighted by atomic mass is 14.9. The molecule has 1 aromatic carbocycles. The van der Waals surface area contributed by atoms with Gasteiger partial charge in [0.1, 0.15) is 0 Å². The molecule has 2 rings (SSSR count). The summed E-state index contributed by atoms with van der Waals surface area (Å²) in [4.78, 5) is 0. The van der Waals surface area contributed by atoms with E-state index in [1.54, 1.807) is 0 Å². The van der Waals surface area contributed by atoms with Crippen molar-refractivity contribution in [3.63, 3.8) is 0 Å². The van der Waals surface area contributed by atoms with E-state index in [1.807, 2.05) is 30.3 Å². The Bertz CT molecular complexity index is 404. The van der Waals surface area contributed by atoms with Crippen molar-refractivity contribution in [3.05, 3.63) is 35.9 Å². The fourth-order valence-electron chi connectivity index (χ4n) is 2.16. The van der Waals surface area contributed by atoms with Gasteiger partial charge in [-0.2, -0.15) is 0 Å². The maximum atomic E-state index is 3.47. The maximum Gasteiger partial charge on any atom is 0.0580 e. The van der Waals surface area contributed by atoms with Crippen molar-refractivity contribution in [2.45, 2.75) is 26.7 Å². The summed E-state index contributed by atoms with van der Waals surface area (Å²) in [6.07, 6.45) is 2.76. The van der Waals surface area contributed by atoms with Crippen LogP contribution in [0.5, 0.6) is 0 Å². The molecule has 0 radical (unpaired) electrons. The van der Waals surface area contributed by atoms with Gasteiger partial charge in [0, 0.05) is 12.1 Å². The zero-order chi connectivity index (χ0) is 12.1.